The second-order valence-corrected chi connectivity index (χ2v) is 12.5. The van der Waals surface area contributed by atoms with Gasteiger partial charge in [0.15, 0.2) is 0 Å². The van der Waals surface area contributed by atoms with E-state index in [1.54, 1.807) is 6.92 Å². The SMILES string of the molecule is C[C@H](CC[C@H](C)OS(=O)(=O)O)Pc1ccccc1P(c1ccccc1)c1ccccc1. The first kappa shape index (κ1) is 24.0. The van der Waals surface area contributed by atoms with Crippen LogP contribution in [0.15, 0.2) is 84.9 Å². The zero-order valence-electron chi connectivity index (χ0n) is 17.7. The smallest absolute Gasteiger partial charge is 0.264 e. The van der Waals surface area contributed by atoms with Gasteiger partial charge in [-0.2, -0.15) is 8.42 Å². The molecule has 0 saturated heterocycles. The maximum absolute atomic E-state index is 10.9. The third kappa shape index (κ3) is 7.49. The van der Waals surface area contributed by atoms with E-state index in [-0.39, 0.29) is 0 Å². The molecule has 0 bridgehead atoms. The van der Waals surface area contributed by atoms with Crippen LogP contribution in [-0.4, -0.2) is 24.7 Å². The van der Waals surface area contributed by atoms with E-state index in [0.29, 0.717) is 20.7 Å². The summed E-state index contributed by atoms with van der Waals surface area (Å²) in [6.07, 6.45) is 0.851. The van der Waals surface area contributed by atoms with Crippen molar-refractivity contribution in [3.05, 3.63) is 84.9 Å². The normalized spacial score (nSPS) is 14.2. The van der Waals surface area contributed by atoms with Crippen molar-refractivity contribution in [2.75, 3.05) is 0 Å². The Hall–Kier alpha value is -1.61. The lowest BCUT2D eigenvalue weighted by atomic mass is 10.2. The molecule has 0 aliphatic carbocycles. The summed E-state index contributed by atoms with van der Waals surface area (Å²) in [7, 11) is -4.48. The van der Waals surface area contributed by atoms with E-state index in [2.05, 4.69) is 83.9 Å². The van der Waals surface area contributed by atoms with Crippen LogP contribution in [0.5, 0.6) is 0 Å². The van der Waals surface area contributed by atoms with Gasteiger partial charge in [-0.1, -0.05) is 100 Å². The minimum atomic E-state index is -4.40. The molecule has 0 amide bonds. The van der Waals surface area contributed by atoms with Gasteiger partial charge in [0, 0.05) is 0 Å². The molecule has 164 valence electrons. The first-order valence-electron chi connectivity index (χ1n) is 10.2. The standard InChI is InChI=1S/C24H28O4P2S/c1-19(28-31(25,26)27)17-18-20(2)29-23-15-9-10-16-24(23)30(21-11-5-3-6-12-21)22-13-7-4-8-14-22/h3-16,19-20,29H,17-18H2,1-2H3,(H,25,26,27)/t19-,20+/m0/s1. The summed E-state index contributed by atoms with van der Waals surface area (Å²) in [5.74, 6) is 0. The summed E-state index contributed by atoms with van der Waals surface area (Å²) in [6.45, 7) is 3.85. The van der Waals surface area contributed by atoms with Gasteiger partial charge in [-0.25, -0.2) is 4.18 Å². The Morgan fingerprint density at radius 3 is 1.90 bits per heavy atom. The first-order valence-corrected chi connectivity index (χ1v) is 14.0. The molecule has 0 aromatic heterocycles. The van der Waals surface area contributed by atoms with Crippen molar-refractivity contribution in [3.63, 3.8) is 0 Å². The predicted molar refractivity (Wildman–Crippen MR) is 134 cm³/mol. The summed E-state index contributed by atoms with van der Waals surface area (Å²) < 4.78 is 35.3. The number of hydrogen-bond donors (Lipinski definition) is 1. The van der Waals surface area contributed by atoms with Crippen LogP contribution in [0.1, 0.15) is 26.7 Å². The minimum absolute atomic E-state index is 0.372. The second-order valence-electron chi connectivity index (χ2n) is 7.48. The molecular formula is C24H28O4P2S. The molecule has 1 N–H and O–H groups in total. The molecule has 0 saturated carbocycles. The molecule has 0 aliphatic heterocycles. The van der Waals surface area contributed by atoms with Gasteiger partial charge in [0.25, 0.3) is 0 Å². The fourth-order valence-electron chi connectivity index (χ4n) is 3.45. The van der Waals surface area contributed by atoms with Crippen LogP contribution in [0.2, 0.25) is 0 Å². The van der Waals surface area contributed by atoms with Crippen molar-refractivity contribution in [2.24, 2.45) is 0 Å². The summed E-state index contributed by atoms with van der Waals surface area (Å²) in [5, 5.41) is 5.35. The molecule has 4 nitrogen and oxygen atoms in total. The van der Waals surface area contributed by atoms with Crippen LogP contribution in [0.4, 0.5) is 0 Å². The molecule has 0 heterocycles. The maximum Gasteiger partial charge on any atom is 0.397 e. The van der Waals surface area contributed by atoms with Crippen LogP contribution in [-0.2, 0) is 14.6 Å². The van der Waals surface area contributed by atoms with Crippen LogP contribution < -0.4 is 21.2 Å². The Bertz CT molecular complexity index is 1020. The molecule has 0 radical (unpaired) electrons. The van der Waals surface area contributed by atoms with Gasteiger partial charge in [0.2, 0.25) is 0 Å². The fraction of sp³-hybridized carbons (Fsp3) is 0.250. The zero-order valence-corrected chi connectivity index (χ0v) is 20.4. The lowest BCUT2D eigenvalue weighted by Crippen LogP contribution is -2.29. The molecule has 3 rings (SSSR count). The number of benzene rings is 3. The topological polar surface area (TPSA) is 63.6 Å². The maximum atomic E-state index is 10.9. The van der Waals surface area contributed by atoms with Crippen molar-refractivity contribution in [3.8, 4) is 0 Å². The third-order valence-electron chi connectivity index (χ3n) is 4.87. The van der Waals surface area contributed by atoms with Gasteiger partial charge in [-0.3, -0.25) is 4.55 Å². The minimum Gasteiger partial charge on any atom is -0.264 e. The molecule has 3 aromatic rings. The molecule has 31 heavy (non-hydrogen) atoms. The molecule has 1 unspecified atom stereocenters. The van der Waals surface area contributed by atoms with Gasteiger partial charge in [0.1, 0.15) is 0 Å². The summed E-state index contributed by atoms with van der Waals surface area (Å²) in [6, 6.07) is 29.9. The van der Waals surface area contributed by atoms with Gasteiger partial charge in [0.05, 0.1) is 6.10 Å². The van der Waals surface area contributed by atoms with Gasteiger partial charge < -0.3 is 0 Å². The van der Waals surface area contributed by atoms with E-state index in [1.807, 2.05) is 12.1 Å². The van der Waals surface area contributed by atoms with E-state index in [1.165, 1.54) is 21.2 Å². The molecule has 0 aliphatic rings. The molecule has 7 heteroatoms. The quantitative estimate of drug-likeness (QED) is 0.355. The Labute approximate surface area is 188 Å². The summed E-state index contributed by atoms with van der Waals surface area (Å²) >= 11 is 0. The molecule has 3 atom stereocenters. The van der Waals surface area contributed by atoms with Crippen molar-refractivity contribution >= 4 is 48.1 Å². The molecule has 0 spiro atoms. The highest BCUT2D eigenvalue weighted by atomic mass is 32.3. The summed E-state index contributed by atoms with van der Waals surface area (Å²) in [5.41, 5.74) is 0.372. The van der Waals surface area contributed by atoms with Gasteiger partial charge >= 0.3 is 10.4 Å². The lowest BCUT2D eigenvalue weighted by molar-refractivity contribution is 0.186. The van der Waals surface area contributed by atoms with E-state index in [4.69, 9.17) is 4.55 Å². The van der Waals surface area contributed by atoms with Crippen molar-refractivity contribution in [1.29, 1.82) is 0 Å². The van der Waals surface area contributed by atoms with E-state index >= 15 is 0 Å². The average Bonchev–Trinajstić information content (AvgIpc) is 2.74. The van der Waals surface area contributed by atoms with Crippen molar-refractivity contribution < 1.29 is 17.2 Å². The van der Waals surface area contributed by atoms with Crippen molar-refractivity contribution in [1.82, 2.24) is 0 Å². The Kier molecular flexibility index (Phi) is 8.77. The first-order chi connectivity index (χ1) is 14.8. The van der Waals surface area contributed by atoms with Crippen molar-refractivity contribution in [2.45, 2.75) is 38.5 Å². The highest BCUT2D eigenvalue weighted by molar-refractivity contribution is 7.81. The molecule has 3 aromatic carbocycles. The Morgan fingerprint density at radius 2 is 1.35 bits per heavy atom. The van der Waals surface area contributed by atoms with Crippen LogP contribution in [0, 0.1) is 0 Å². The zero-order chi connectivity index (χ0) is 22.3. The van der Waals surface area contributed by atoms with Gasteiger partial charge in [-0.05, 0) is 54.6 Å². The van der Waals surface area contributed by atoms with E-state index < -0.39 is 24.4 Å². The van der Waals surface area contributed by atoms with E-state index in [0.717, 1.165) is 6.42 Å². The monoisotopic (exact) mass is 474 g/mol. The second kappa shape index (κ2) is 11.3. The Morgan fingerprint density at radius 1 is 0.839 bits per heavy atom. The van der Waals surface area contributed by atoms with Gasteiger partial charge in [-0.15, -0.1) is 0 Å². The van der Waals surface area contributed by atoms with Crippen LogP contribution >= 0.6 is 16.5 Å². The fourth-order valence-corrected chi connectivity index (χ4v) is 8.10. The van der Waals surface area contributed by atoms with Crippen LogP contribution in [0.25, 0.3) is 0 Å². The third-order valence-corrected chi connectivity index (χ3v) is 9.68. The highest BCUT2D eigenvalue weighted by Gasteiger charge is 2.20. The highest BCUT2D eigenvalue weighted by Crippen LogP contribution is 2.34. The molecular weight excluding hydrogens is 446 g/mol. The van der Waals surface area contributed by atoms with Crippen LogP contribution in [0.3, 0.4) is 0 Å². The number of hydrogen-bond acceptors (Lipinski definition) is 3. The predicted octanol–water partition coefficient (Wildman–Crippen LogP) is 4.13. The largest absolute Gasteiger partial charge is 0.397 e. The average molecular weight is 474 g/mol. The lowest BCUT2D eigenvalue weighted by Gasteiger charge is -2.24. The van der Waals surface area contributed by atoms with E-state index in [9.17, 15) is 8.42 Å². The Balaban J connectivity index is 1.82. The summed E-state index contributed by atoms with van der Waals surface area (Å²) in [4.78, 5) is 0. The molecule has 0 fully saturated rings. The number of rotatable bonds is 10.